The molecule has 32 heavy (non-hydrogen) atoms. The highest BCUT2D eigenvalue weighted by Gasteiger charge is 2.25. The summed E-state index contributed by atoms with van der Waals surface area (Å²) >= 11 is 5.81. The summed E-state index contributed by atoms with van der Waals surface area (Å²) in [6.07, 6.45) is 1.42. The van der Waals surface area contributed by atoms with E-state index in [1.165, 1.54) is 6.07 Å². The number of likely N-dealkylation sites (tertiary alicyclic amines) is 1. The molecule has 0 bridgehead atoms. The molecule has 0 atom stereocenters. The van der Waals surface area contributed by atoms with Gasteiger partial charge >= 0.3 is 0 Å². The zero-order chi connectivity index (χ0) is 22.5. The lowest BCUT2D eigenvalue weighted by molar-refractivity contribution is -0.126. The maximum Gasteiger partial charge on any atom is 0.246 e. The molecule has 9 heteroatoms. The van der Waals surface area contributed by atoms with Crippen molar-refractivity contribution in [1.29, 1.82) is 0 Å². The van der Waals surface area contributed by atoms with E-state index in [1.807, 2.05) is 24.3 Å². The van der Waals surface area contributed by atoms with Gasteiger partial charge in [0, 0.05) is 28.6 Å². The Morgan fingerprint density at radius 3 is 2.69 bits per heavy atom. The number of piperidine rings is 1. The van der Waals surface area contributed by atoms with Gasteiger partial charge in [-0.05, 0) is 62.3 Å². The van der Waals surface area contributed by atoms with E-state index < -0.39 is 0 Å². The number of ether oxygens (including phenoxy) is 1. The van der Waals surface area contributed by atoms with Gasteiger partial charge in [-0.25, -0.2) is 4.39 Å². The summed E-state index contributed by atoms with van der Waals surface area (Å²) in [4.78, 5) is 19.1. The van der Waals surface area contributed by atoms with Crippen LogP contribution >= 0.6 is 11.6 Å². The number of methoxy groups -OCH3 is 1. The Balaban J connectivity index is 1.24. The van der Waals surface area contributed by atoms with E-state index in [4.69, 9.17) is 20.9 Å². The van der Waals surface area contributed by atoms with Crippen LogP contribution in [-0.2, 0) is 17.9 Å². The fraction of sp³-hybridized carbons (Fsp3) is 0.348. The van der Waals surface area contributed by atoms with E-state index >= 15 is 0 Å². The first kappa shape index (κ1) is 22.2. The average Bonchev–Trinajstić information content (AvgIpc) is 3.29. The Labute approximate surface area is 190 Å². The molecule has 4 rings (SSSR count). The second-order valence-electron chi connectivity index (χ2n) is 7.74. The zero-order valence-corrected chi connectivity index (χ0v) is 18.4. The van der Waals surface area contributed by atoms with Crippen molar-refractivity contribution in [1.82, 2.24) is 20.4 Å². The summed E-state index contributed by atoms with van der Waals surface area (Å²) < 4.78 is 24.4. The average molecular weight is 459 g/mol. The Hall–Kier alpha value is -2.97. The van der Waals surface area contributed by atoms with Crippen LogP contribution in [0.25, 0.3) is 11.4 Å². The second kappa shape index (κ2) is 10.1. The molecule has 1 aliphatic heterocycles. The molecular formula is C23H24ClFN4O3. The molecule has 0 unspecified atom stereocenters. The van der Waals surface area contributed by atoms with Crippen molar-refractivity contribution in [2.45, 2.75) is 25.9 Å². The third-order valence-corrected chi connectivity index (χ3v) is 5.83. The minimum Gasteiger partial charge on any atom is -0.497 e. The van der Waals surface area contributed by atoms with Gasteiger partial charge < -0.3 is 14.6 Å². The molecule has 0 radical (unpaired) electrons. The van der Waals surface area contributed by atoms with E-state index in [-0.39, 0.29) is 24.2 Å². The topological polar surface area (TPSA) is 80.5 Å². The van der Waals surface area contributed by atoms with Gasteiger partial charge in [0.25, 0.3) is 0 Å². The van der Waals surface area contributed by atoms with Crippen LogP contribution in [0.1, 0.15) is 24.3 Å². The molecule has 1 aromatic heterocycles. The Morgan fingerprint density at radius 1 is 1.25 bits per heavy atom. The standard InChI is InChI=1S/C23H24ClFN4O3/c1-31-19-6-3-15(4-7-19)22-27-21(32-28-22)13-26-23(30)16-8-10-29(11-9-16)14-17-2-5-18(24)12-20(17)25/h2-7,12,16H,8-11,13-14H2,1H3,(H,26,30). The number of amides is 1. The number of halogens is 2. The number of nitrogens with one attached hydrogen (secondary N) is 1. The first-order valence-electron chi connectivity index (χ1n) is 10.4. The van der Waals surface area contributed by atoms with Crippen molar-refractivity contribution in [3.63, 3.8) is 0 Å². The number of carbonyl (C=O) groups excluding carboxylic acids is 1. The summed E-state index contributed by atoms with van der Waals surface area (Å²) in [6.45, 7) is 2.14. The number of rotatable bonds is 7. The molecule has 1 aliphatic rings. The minimum absolute atomic E-state index is 0.0356. The lowest BCUT2D eigenvalue weighted by Crippen LogP contribution is -2.40. The van der Waals surface area contributed by atoms with Crippen LogP contribution in [0.4, 0.5) is 4.39 Å². The maximum atomic E-state index is 14.0. The third kappa shape index (κ3) is 5.44. The van der Waals surface area contributed by atoms with Crippen LogP contribution in [-0.4, -0.2) is 41.1 Å². The lowest BCUT2D eigenvalue weighted by atomic mass is 9.95. The largest absolute Gasteiger partial charge is 0.497 e. The molecule has 0 aliphatic carbocycles. The van der Waals surface area contributed by atoms with E-state index in [1.54, 1.807) is 19.2 Å². The predicted molar refractivity (Wildman–Crippen MR) is 118 cm³/mol. The molecule has 7 nitrogen and oxygen atoms in total. The van der Waals surface area contributed by atoms with Crippen LogP contribution in [0, 0.1) is 11.7 Å². The third-order valence-electron chi connectivity index (χ3n) is 5.60. The number of hydrogen-bond acceptors (Lipinski definition) is 6. The van der Waals surface area contributed by atoms with Gasteiger partial charge in [-0.2, -0.15) is 4.98 Å². The van der Waals surface area contributed by atoms with E-state index in [0.717, 1.165) is 24.4 Å². The van der Waals surface area contributed by atoms with Crippen LogP contribution in [0.2, 0.25) is 5.02 Å². The lowest BCUT2D eigenvalue weighted by Gasteiger charge is -2.31. The van der Waals surface area contributed by atoms with Gasteiger partial charge in [-0.3, -0.25) is 9.69 Å². The van der Waals surface area contributed by atoms with E-state index in [2.05, 4.69) is 20.4 Å². The number of carbonyl (C=O) groups is 1. The first-order chi connectivity index (χ1) is 15.5. The number of benzene rings is 2. The SMILES string of the molecule is COc1ccc(-c2noc(CNC(=O)C3CCN(Cc4ccc(Cl)cc4F)CC3)n2)cc1. The Kier molecular flexibility index (Phi) is 7.02. The normalized spacial score (nSPS) is 15.0. The monoisotopic (exact) mass is 458 g/mol. The molecule has 1 fully saturated rings. The van der Waals surface area contributed by atoms with E-state index in [9.17, 15) is 9.18 Å². The van der Waals surface area contributed by atoms with Crippen molar-refractivity contribution in [3.8, 4) is 17.1 Å². The van der Waals surface area contributed by atoms with Crippen LogP contribution in [0.5, 0.6) is 5.75 Å². The molecule has 1 saturated heterocycles. The number of nitrogens with zero attached hydrogens (tertiary/aromatic N) is 3. The molecule has 3 aromatic rings. The summed E-state index contributed by atoms with van der Waals surface area (Å²) in [6, 6.07) is 12.1. The highest BCUT2D eigenvalue weighted by Crippen LogP contribution is 2.22. The molecular weight excluding hydrogens is 435 g/mol. The van der Waals surface area contributed by atoms with Crippen LogP contribution in [0.3, 0.4) is 0 Å². The van der Waals surface area contributed by atoms with Crippen molar-refractivity contribution >= 4 is 17.5 Å². The van der Waals surface area contributed by atoms with Crippen LogP contribution < -0.4 is 10.1 Å². The summed E-state index contributed by atoms with van der Waals surface area (Å²) in [7, 11) is 1.60. The number of aromatic nitrogens is 2. The quantitative estimate of drug-likeness (QED) is 0.575. The fourth-order valence-corrected chi connectivity index (χ4v) is 3.89. The highest BCUT2D eigenvalue weighted by molar-refractivity contribution is 6.30. The number of hydrogen-bond donors (Lipinski definition) is 1. The summed E-state index contributed by atoms with van der Waals surface area (Å²) in [5.41, 5.74) is 1.41. The second-order valence-corrected chi connectivity index (χ2v) is 8.18. The first-order valence-corrected chi connectivity index (χ1v) is 10.8. The Morgan fingerprint density at radius 2 is 2.00 bits per heavy atom. The molecule has 168 valence electrons. The van der Waals surface area contributed by atoms with Gasteiger partial charge in [0.15, 0.2) is 0 Å². The van der Waals surface area contributed by atoms with Gasteiger partial charge in [-0.1, -0.05) is 22.8 Å². The van der Waals surface area contributed by atoms with Crippen molar-refractivity contribution in [2.75, 3.05) is 20.2 Å². The van der Waals surface area contributed by atoms with Gasteiger partial charge in [-0.15, -0.1) is 0 Å². The highest BCUT2D eigenvalue weighted by atomic mass is 35.5. The molecule has 1 N–H and O–H groups in total. The zero-order valence-electron chi connectivity index (χ0n) is 17.7. The minimum atomic E-state index is -0.300. The molecule has 0 saturated carbocycles. The van der Waals surface area contributed by atoms with Gasteiger partial charge in [0.2, 0.25) is 17.6 Å². The fourth-order valence-electron chi connectivity index (χ4n) is 3.74. The smallest absolute Gasteiger partial charge is 0.246 e. The van der Waals surface area contributed by atoms with Crippen molar-refractivity contribution < 1.29 is 18.4 Å². The molecule has 2 heterocycles. The molecule has 2 aromatic carbocycles. The van der Waals surface area contributed by atoms with Crippen molar-refractivity contribution in [3.05, 3.63) is 64.8 Å². The molecule has 1 amide bonds. The van der Waals surface area contributed by atoms with Gasteiger partial charge in [0.05, 0.1) is 13.7 Å². The Bertz CT molecular complexity index is 1070. The van der Waals surface area contributed by atoms with Gasteiger partial charge in [0.1, 0.15) is 11.6 Å². The van der Waals surface area contributed by atoms with Crippen LogP contribution in [0.15, 0.2) is 47.0 Å². The predicted octanol–water partition coefficient (Wildman–Crippen LogP) is 4.07. The maximum absolute atomic E-state index is 14.0. The summed E-state index contributed by atoms with van der Waals surface area (Å²) in [5.74, 6) is 1.12. The molecule has 0 spiro atoms. The van der Waals surface area contributed by atoms with Crippen molar-refractivity contribution in [2.24, 2.45) is 5.92 Å². The van der Waals surface area contributed by atoms with E-state index in [0.29, 0.717) is 41.7 Å². The summed E-state index contributed by atoms with van der Waals surface area (Å²) in [5, 5.41) is 7.24.